The molecule has 0 aliphatic carbocycles. The summed E-state index contributed by atoms with van der Waals surface area (Å²) in [6.07, 6.45) is 0.961. The van der Waals surface area contributed by atoms with Gasteiger partial charge < -0.3 is 26.8 Å². The summed E-state index contributed by atoms with van der Waals surface area (Å²) in [6.45, 7) is 12.5. The predicted octanol–water partition coefficient (Wildman–Crippen LogP) is 0.621. The highest BCUT2D eigenvalue weighted by molar-refractivity contribution is 5.94. The Labute approximate surface area is 173 Å². The Hall–Kier alpha value is -2.16. The number of carboxylic acids is 1. The van der Waals surface area contributed by atoms with Crippen molar-refractivity contribution in [2.45, 2.75) is 85.5 Å². The first kappa shape index (κ1) is 26.8. The molecular formula is C20H38N4O5. The number of hydrogen-bond donors (Lipinski definition) is 5. The molecule has 29 heavy (non-hydrogen) atoms. The van der Waals surface area contributed by atoms with Crippen molar-refractivity contribution in [2.24, 2.45) is 23.5 Å². The van der Waals surface area contributed by atoms with Crippen LogP contribution in [0.15, 0.2) is 0 Å². The lowest BCUT2D eigenvalue weighted by molar-refractivity contribution is -0.142. The van der Waals surface area contributed by atoms with Gasteiger partial charge in [0.25, 0.3) is 0 Å². The Morgan fingerprint density at radius 1 is 0.862 bits per heavy atom. The molecule has 0 bridgehead atoms. The first-order chi connectivity index (χ1) is 13.3. The van der Waals surface area contributed by atoms with E-state index in [-0.39, 0.29) is 17.8 Å². The highest BCUT2D eigenvalue weighted by Gasteiger charge is 2.32. The van der Waals surface area contributed by atoms with Crippen LogP contribution in [0.25, 0.3) is 0 Å². The molecule has 3 amide bonds. The second kappa shape index (κ2) is 12.4. The SMILES string of the molecule is CCC(C)C(NC(=O)C(N)C(C)C)C(=O)NC(CC(C)C)C(=O)NC(C)C(=O)O. The molecule has 0 aliphatic heterocycles. The molecule has 0 heterocycles. The Balaban J connectivity index is 5.42. The number of nitrogens with one attached hydrogen (secondary N) is 3. The van der Waals surface area contributed by atoms with Crippen molar-refractivity contribution in [3.05, 3.63) is 0 Å². The number of carboxylic acid groups (broad SMARTS) is 1. The molecule has 0 radical (unpaired) electrons. The van der Waals surface area contributed by atoms with E-state index in [1.807, 2.05) is 41.5 Å². The van der Waals surface area contributed by atoms with Gasteiger partial charge in [0.1, 0.15) is 18.1 Å². The van der Waals surface area contributed by atoms with Gasteiger partial charge in [0.05, 0.1) is 6.04 Å². The van der Waals surface area contributed by atoms with Crippen molar-refractivity contribution in [2.75, 3.05) is 0 Å². The third-order valence-corrected chi connectivity index (χ3v) is 4.88. The number of carbonyl (C=O) groups excluding carboxylic acids is 3. The number of hydrogen-bond acceptors (Lipinski definition) is 5. The van der Waals surface area contributed by atoms with E-state index in [0.29, 0.717) is 12.8 Å². The quantitative estimate of drug-likeness (QED) is 0.316. The van der Waals surface area contributed by atoms with E-state index in [2.05, 4.69) is 16.0 Å². The maximum Gasteiger partial charge on any atom is 0.325 e. The smallest absolute Gasteiger partial charge is 0.325 e. The lowest BCUT2D eigenvalue weighted by Gasteiger charge is -2.28. The zero-order valence-corrected chi connectivity index (χ0v) is 18.6. The van der Waals surface area contributed by atoms with E-state index in [1.165, 1.54) is 6.92 Å². The van der Waals surface area contributed by atoms with Crippen molar-refractivity contribution in [3.63, 3.8) is 0 Å². The number of rotatable bonds is 12. The predicted molar refractivity (Wildman–Crippen MR) is 111 cm³/mol. The fourth-order valence-electron chi connectivity index (χ4n) is 2.59. The van der Waals surface area contributed by atoms with Crippen LogP contribution in [0.2, 0.25) is 0 Å². The molecule has 0 aromatic rings. The molecule has 0 rings (SSSR count). The normalized spacial score (nSPS) is 16.5. The van der Waals surface area contributed by atoms with E-state index < -0.39 is 47.9 Å². The molecule has 9 nitrogen and oxygen atoms in total. The second-order valence-electron chi connectivity index (χ2n) is 8.40. The molecule has 168 valence electrons. The standard InChI is InChI=1S/C20H38N4O5/c1-8-12(6)16(24-18(26)15(21)11(4)5)19(27)23-14(9-10(2)3)17(25)22-13(7)20(28)29/h10-16H,8-9,21H2,1-7H3,(H,22,25)(H,23,27)(H,24,26)(H,28,29). The van der Waals surface area contributed by atoms with Crippen LogP contribution in [0.5, 0.6) is 0 Å². The minimum atomic E-state index is -1.17. The van der Waals surface area contributed by atoms with Gasteiger partial charge in [-0.3, -0.25) is 19.2 Å². The summed E-state index contributed by atoms with van der Waals surface area (Å²) in [5.74, 6) is -2.85. The molecule has 0 saturated carbocycles. The maximum absolute atomic E-state index is 12.9. The minimum Gasteiger partial charge on any atom is -0.480 e. The van der Waals surface area contributed by atoms with Crippen LogP contribution >= 0.6 is 0 Å². The molecule has 0 aromatic carbocycles. The van der Waals surface area contributed by atoms with Crippen molar-refractivity contribution in [1.82, 2.24) is 16.0 Å². The fraction of sp³-hybridized carbons (Fsp3) is 0.800. The zero-order chi connectivity index (χ0) is 22.9. The highest BCUT2D eigenvalue weighted by Crippen LogP contribution is 2.12. The topological polar surface area (TPSA) is 151 Å². The van der Waals surface area contributed by atoms with Gasteiger partial charge in [-0.2, -0.15) is 0 Å². The van der Waals surface area contributed by atoms with Crippen LogP contribution in [0, 0.1) is 17.8 Å². The molecule has 0 spiro atoms. The average molecular weight is 415 g/mol. The van der Waals surface area contributed by atoms with Gasteiger partial charge in [0.15, 0.2) is 0 Å². The van der Waals surface area contributed by atoms with E-state index >= 15 is 0 Å². The van der Waals surface area contributed by atoms with Crippen molar-refractivity contribution in [1.29, 1.82) is 0 Å². The van der Waals surface area contributed by atoms with Crippen LogP contribution < -0.4 is 21.7 Å². The van der Waals surface area contributed by atoms with Crippen molar-refractivity contribution >= 4 is 23.7 Å². The Kier molecular flexibility index (Phi) is 11.5. The Morgan fingerprint density at radius 2 is 1.41 bits per heavy atom. The zero-order valence-electron chi connectivity index (χ0n) is 18.6. The van der Waals surface area contributed by atoms with Crippen LogP contribution in [0.4, 0.5) is 0 Å². The van der Waals surface area contributed by atoms with Gasteiger partial charge in [-0.15, -0.1) is 0 Å². The van der Waals surface area contributed by atoms with E-state index in [0.717, 1.165) is 0 Å². The monoisotopic (exact) mass is 414 g/mol. The van der Waals surface area contributed by atoms with Crippen molar-refractivity contribution in [3.8, 4) is 0 Å². The summed E-state index contributed by atoms with van der Waals surface area (Å²) in [5, 5.41) is 16.8. The molecular weight excluding hydrogens is 376 g/mol. The van der Waals surface area contributed by atoms with Gasteiger partial charge in [0.2, 0.25) is 17.7 Å². The Morgan fingerprint density at radius 3 is 1.83 bits per heavy atom. The molecule has 0 aliphatic rings. The molecule has 0 fully saturated rings. The number of amides is 3. The average Bonchev–Trinajstić information content (AvgIpc) is 2.62. The third kappa shape index (κ3) is 9.25. The first-order valence-electron chi connectivity index (χ1n) is 10.2. The van der Waals surface area contributed by atoms with Crippen LogP contribution in [0.1, 0.15) is 61.3 Å². The van der Waals surface area contributed by atoms with E-state index in [4.69, 9.17) is 10.8 Å². The van der Waals surface area contributed by atoms with Crippen molar-refractivity contribution < 1.29 is 24.3 Å². The van der Waals surface area contributed by atoms with Gasteiger partial charge in [-0.1, -0.05) is 48.0 Å². The van der Waals surface area contributed by atoms with Crippen LogP contribution in [-0.4, -0.2) is 53.0 Å². The summed E-state index contributed by atoms with van der Waals surface area (Å²) < 4.78 is 0. The number of aliphatic carboxylic acids is 1. The fourth-order valence-corrected chi connectivity index (χ4v) is 2.59. The largest absolute Gasteiger partial charge is 0.480 e. The molecule has 5 atom stereocenters. The van der Waals surface area contributed by atoms with Gasteiger partial charge in [-0.25, -0.2) is 0 Å². The first-order valence-corrected chi connectivity index (χ1v) is 10.2. The van der Waals surface area contributed by atoms with Crippen LogP contribution in [0.3, 0.4) is 0 Å². The minimum absolute atomic E-state index is 0.0807. The second-order valence-corrected chi connectivity index (χ2v) is 8.40. The summed E-state index contributed by atoms with van der Waals surface area (Å²) in [6, 6.07) is -3.59. The Bertz CT molecular complexity index is 579. The molecule has 0 saturated heterocycles. The highest BCUT2D eigenvalue weighted by atomic mass is 16.4. The van der Waals surface area contributed by atoms with E-state index in [9.17, 15) is 19.2 Å². The maximum atomic E-state index is 12.9. The summed E-state index contributed by atoms with van der Waals surface area (Å²) in [7, 11) is 0. The number of carbonyl (C=O) groups is 4. The molecule has 9 heteroatoms. The van der Waals surface area contributed by atoms with Gasteiger partial charge in [-0.05, 0) is 31.1 Å². The molecule has 5 unspecified atom stereocenters. The van der Waals surface area contributed by atoms with Gasteiger partial charge >= 0.3 is 5.97 Å². The summed E-state index contributed by atoms with van der Waals surface area (Å²) in [5.41, 5.74) is 5.89. The van der Waals surface area contributed by atoms with Crippen LogP contribution in [-0.2, 0) is 19.2 Å². The van der Waals surface area contributed by atoms with E-state index in [1.54, 1.807) is 0 Å². The molecule has 0 aromatic heterocycles. The lowest BCUT2D eigenvalue weighted by atomic mass is 9.95. The molecule has 6 N–H and O–H groups in total. The van der Waals surface area contributed by atoms with Gasteiger partial charge in [0, 0.05) is 0 Å². The third-order valence-electron chi connectivity index (χ3n) is 4.88. The lowest BCUT2D eigenvalue weighted by Crippen LogP contribution is -2.59. The summed E-state index contributed by atoms with van der Waals surface area (Å²) in [4.78, 5) is 48.8. The number of nitrogens with two attached hydrogens (primary N) is 1. The summed E-state index contributed by atoms with van der Waals surface area (Å²) >= 11 is 0.